The van der Waals surface area contributed by atoms with Crippen LogP contribution in [-0.2, 0) is 10.0 Å². The van der Waals surface area contributed by atoms with Crippen LogP contribution in [0.5, 0.6) is 0 Å². The number of sulfonamides is 1. The summed E-state index contributed by atoms with van der Waals surface area (Å²) in [6, 6.07) is 4.51. The molecule has 2 N–H and O–H groups in total. The van der Waals surface area contributed by atoms with Gasteiger partial charge in [0.15, 0.2) is 0 Å². The van der Waals surface area contributed by atoms with Gasteiger partial charge in [0.25, 0.3) is 0 Å². The summed E-state index contributed by atoms with van der Waals surface area (Å²) in [4.78, 5) is 0.00293. The van der Waals surface area contributed by atoms with E-state index in [1.807, 2.05) is 6.92 Å². The van der Waals surface area contributed by atoms with Gasteiger partial charge >= 0.3 is 0 Å². The molecule has 0 saturated heterocycles. The highest BCUT2D eigenvalue weighted by atomic mass is 35.5. The number of hydrogen-bond donors (Lipinski definition) is 2. The van der Waals surface area contributed by atoms with Gasteiger partial charge in [-0.1, -0.05) is 36.2 Å². The Morgan fingerprint density at radius 3 is 2.50 bits per heavy atom. The van der Waals surface area contributed by atoms with Crippen molar-refractivity contribution in [2.24, 2.45) is 0 Å². The number of hydrogen-bond acceptors (Lipinski definition) is 3. The van der Waals surface area contributed by atoms with Crippen molar-refractivity contribution in [1.29, 1.82) is 0 Å². The average Bonchev–Trinajstić information content (AvgIpc) is 2.28. The van der Waals surface area contributed by atoms with Crippen LogP contribution in [0.4, 0.5) is 0 Å². The minimum absolute atomic E-state index is 0. The smallest absolute Gasteiger partial charge is 0.242 e. The van der Waals surface area contributed by atoms with Crippen LogP contribution in [0.2, 0.25) is 10.0 Å². The lowest BCUT2D eigenvalue weighted by molar-refractivity contribution is 0.577. The molecule has 0 saturated carbocycles. The topological polar surface area (TPSA) is 58.2 Å². The van der Waals surface area contributed by atoms with Crippen molar-refractivity contribution in [2.75, 3.05) is 19.6 Å². The van der Waals surface area contributed by atoms with Crippen LogP contribution in [0.3, 0.4) is 0 Å². The second-order valence-electron chi connectivity index (χ2n) is 3.30. The number of nitrogens with one attached hydrogen (secondary N) is 2. The molecule has 1 rings (SSSR count). The van der Waals surface area contributed by atoms with Crippen LogP contribution in [-0.4, -0.2) is 28.1 Å². The van der Waals surface area contributed by atoms with E-state index < -0.39 is 10.0 Å². The van der Waals surface area contributed by atoms with Crippen molar-refractivity contribution in [2.45, 2.75) is 11.8 Å². The molecule has 0 aliphatic heterocycles. The molecule has 4 nitrogen and oxygen atoms in total. The molecule has 8 heteroatoms. The average molecular weight is 334 g/mol. The van der Waals surface area contributed by atoms with Crippen LogP contribution in [0.25, 0.3) is 0 Å². The number of halogens is 3. The summed E-state index contributed by atoms with van der Waals surface area (Å²) < 4.78 is 26.2. The molecule has 1 aromatic carbocycles. The Morgan fingerprint density at radius 2 is 1.89 bits per heavy atom. The molecule has 0 radical (unpaired) electrons. The summed E-state index contributed by atoms with van der Waals surface area (Å²) in [5.74, 6) is 0. The third-order valence-corrected chi connectivity index (χ3v) is 4.48. The van der Waals surface area contributed by atoms with E-state index in [4.69, 9.17) is 23.2 Å². The fraction of sp³-hybridized carbons (Fsp3) is 0.400. The highest BCUT2D eigenvalue weighted by Gasteiger charge is 2.18. The molecule has 0 aliphatic rings. The quantitative estimate of drug-likeness (QED) is 0.785. The zero-order valence-electron chi connectivity index (χ0n) is 9.74. The summed E-state index contributed by atoms with van der Waals surface area (Å²) in [6.45, 7) is 3.61. The second kappa shape index (κ2) is 8.19. The Hall–Kier alpha value is -0.0400. The van der Waals surface area contributed by atoms with Gasteiger partial charge < -0.3 is 5.32 Å². The van der Waals surface area contributed by atoms with Crippen LogP contribution in [0.15, 0.2) is 23.1 Å². The van der Waals surface area contributed by atoms with E-state index >= 15 is 0 Å². The molecule has 0 atom stereocenters. The SMILES string of the molecule is CCNCCNS(=O)(=O)c1cccc(Cl)c1Cl.Cl. The normalized spacial score (nSPS) is 11.1. The molecule has 0 spiro atoms. The fourth-order valence-corrected chi connectivity index (χ4v) is 3.01. The summed E-state index contributed by atoms with van der Waals surface area (Å²) in [5, 5.41) is 3.28. The van der Waals surface area contributed by atoms with Crippen molar-refractivity contribution >= 4 is 45.6 Å². The van der Waals surface area contributed by atoms with E-state index in [0.717, 1.165) is 6.54 Å². The Morgan fingerprint density at radius 1 is 1.22 bits per heavy atom. The number of rotatable bonds is 6. The molecule has 0 fully saturated rings. The lowest BCUT2D eigenvalue weighted by Crippen LogP contribution is -2.31. The van der Waals surface area contributed by atoms with Gasteiger partial charge in [-0.3, -0.25) is 0 Å². The van der Waals surface area contributed by atoms with E-state index in [0.29, 0.717) is 13.1 Å². The van der Waals surface area contributed by atoms with E-state index in [-0.39, 0.29) is 27.3 Å². The number of benzene rings is 1. The molecule has 1 aromatic rings. The maximum atomic E-state index is 11.9. The van der Waals surface area contributed by atoms with Crippen molar-refractivity contribution in [3.05, 3.63) is 28.2 Å². The molecule has 18 heavy (non-hydrogen) atoms. The third kappa shape index (κ3) is 4.91. The molecule has 0 heterocycles. The van der Waals surface area contributed by atoms with Gasteiger partial charge in [-0.05, 0) is 18.7 Å². The van der Waals surface area contributed by atoms with Gasteiger partial charge in [-0.15, -0.1) is 12.4 Å². The van der Waals surface area contributed by atoms with Crippen molar-refractivity contribution < 1.29 is 8.42 Å². The Balaban J connectivity index is 0.00000289. The van der Waals surface area contributed by atoms with Crippen LogP contribution in [0, 0.1) is 0 Å². The summed E-state index contributed by atoms with van der Waals surface area (Å²) in [5.41, 5.74) is 0. The fourth-order valence-electron chi connectivity index (χ4n) is 1.22. The van der Waals surface area contributed by atoms with Crippen LogP contribution >= 0.6 is 35.6 Å². The molecule has 0 amide bonds. The molecule has 104 valence electrons. The summed E-state index contributed by atoms with van der Waals surface area (Å²) in [6.07, 6.45) is 0. The van der Waals surface area contributed by atoms with Crippen molar-refractivity contribution in [3.8, 4) is 0 Å². The second-order valence-corrected chi connectivity index (χ2v) is 5.82. The zero-order valence-corrected chi connectivity index (χ0v) is 12.9. The van der Waals surface area contributed by atoms with E-state index in [2.05, 4.69) is 10.0 Å². The summed E-state index contributed by atoms with van der Waals surface area (Å²) in [7, 11) is -3.60. The Kier molecular flexibility index (Phi) is 8.18. The van der Waals surface area contributed by atoms with E-state index in [1.165, 1.54) is 6.07 Å². The largest absolute Gasteiger partial charge is 0.316 e. The molecular weight excluding hydrogens is 319 g/mol. The lowest BCUT2D eigenvalue weighted by atomic mass is 10.4. The highest BCUT2D eigenvalue weighted by Crippen LogP contribution is 2.28. The van der Waals surface area contributed by atoms with Gasteiger partial charge in [0, 0.05) is 13.1 Å². The summed E-state index contributed by atoms with van der Waals surface area (Å²) >= 11 is 11.6. The minimum atomic E-state index is -3.60. The zero-order chi connectivity index (χ0) is 12.9. The lowest BCUT2D eigenvalue weighted by Gasteiger charge is -2.09. The van der Waals surface area contributed by atoms with Crippen molar-refractivity contribution in [1.82, 2.24) is 10.0 Å². The highest BCUT2D eigenvalue weighted by molar-refractivity contribution is 7.89. The van der Waals surface area contributed by atoms with Gasteiger partial charge in [-0.2, -0.15) is 0 Å². The minimum Gasteiger partial charge on any atom is -0.316 e. The first-order chi connectivity index (χ1) is 7.99. The standard InChI is InChI=1S/C10H14Cl2N2O2S.ClH/c1-2-13-6-7-14-17(15,16)9-5-3-4-8(11)10(9)12;/h3-5,13-14H,2,6-7H2,1H3;1H. The van der Waals surface area contributed by atoms with Gasteiger partial charge in [0.05, 0.1) is 10.0 Å². The molecule has 0 aliphatic carbocycles. The maximum Gasteiger partial charge on any atom is 0.242 e. The Bertz CT molecular complexity index is 480. The first kappa shape index (κ1) is 18.0. The van der Waals surface area contributed by atoms with Crippen molar-refractivity contribution in [3.63, 3.8) is 0 Å². The molecular formula is C10H15Cl3N2O2S. The van der Waals surface area contributed by atoms with Gasteiger partial charge in [0.1, 0.15) is 4.90 Å². The Labute approximate surface area is 124 Å². The monoisotopic (exact) mass is 332 g/mol. The molecule has 0 bridgehead atoms. The maximum absolute atomic E-state index is 11.9. The van der Waals surface area contributed by atoms with E-state index in [1.54, 1.807) is 12.1 Å². The predicted octanol–water partition coefficient (Wildman–Crippen LogP) is 2.30. The predicted molar refractivity (Wildman–Crippen MR) is 77.4 cm³/mol. The first-order valence-electron chi connectivity index (χ1n) is 5.13. The third-order valence-electron chi connectivity index (χ3n) is 2.05. The van der Waals surface area contributed by atoms with Crippen LogP contribution in [0.1, 0.15) is 6.92 Å². The van der Waals surface area contributed by atoms with Crippen LogP contribution < -0.4 is 10.0 Å². The first-order valence-corrected chi connectivity index (χ1v) is 7.37. The molecule has 0 unspecified atom stereocenters. The number of likely N-dealkylation sites (N-methyl/N-ethyl adjacent to an activating group) is 1. The molecule has 0 aromatic heterocycles. The van der Waals surface area contributed by atoms with Gasteiger partial charge in [0.2, 0.25) is 10.0 Å². The van der Waals surface area contributed by atoms with E-state index in [9.17, 15) is 8.42 Å². The van der Waals surface area contributed by atoms with Gasteiger partial charge in [-0.25, -0.2) is 13.1 Å².